The molecule has 5 heteroatoms. The summed E-state index contributed by atoms with van der Waals surface area (Å²) in [6.07, 6.45) is 4.09. The van der Waals surface area contributed by atoms with Crippen molar-refractivity contribution in [3.05, 3.63) is 35.9 Å². The Hall–Kier alpha value is -2.04. The van der Waals surface area contributed by atoms with Crippen LogP contribution in [0, 0.1) is 10.8 Å². The van der Waals surface area contributed by atoms with Gasteiger partial charge in [0.15, 0.2) is 6.23 Å². The average molecular weight is 373 g/mol. The van der Waals surface area contributed by atoms with Crippen molar-refractivity contribution >= 4 is 12.1 Å². The standard InChI is InChI=1S/C22H31NO4/c1-21(2,3)19-23(20(25)26-15-16-10-6-5-7-11-16)17(18(24)27-19)14-22(4)12-8-9-13-22/h5-7,10-11,17,19H,8-9,12-15H2,1-4H3/t17-,19-/m0/s1. The number of benzene rings is 1. The third-order valence-electron chi connectivity index (χ3n) is 5.74. The number of carbonyl (C=O) groups excluding carboxylic acids is 2. The zero-order chi connectivity index (χ0) is 19.7. The highest BCUT2D eigenvalue weighted by Crippen LogP contribution is 2.45. The van der Waals surface area contributed by atoms with Crippen LogP contribution in [0.5, 0.6) is 0 Å². The van der Waals surface area contributed by atoms with E-state index in [0.717, 1.165) is 18.4 Å². The van der Waals surface area contributed by atoms with E-state index in [2.05, 4.69) is 6.92 Å². The molecule has 1 aromatic carbocycles. The molecule has 2 aliphatic rings. The fraction of sp³-hybridized carbons (Fsp3) is 0.636. The molecule has 1 aliphatic heterocycles. The van der Waals surface area contributed by atoms with E-state index >= 15 is 0 Å². The van der Waals surface area contributed by atoms with Gasteiger partial charge in [-0.1, -0.05) is 70.9 Å². The van der Waals surface area contributed by atoms with Gasteiger partial charge < -0.3 is 9.47 Å². The minimum atomic E-state index is -0.608. The molecule has 3 rings (SSSR count). The van der Waals surface area contributed by atoms with Crippen LogP contribution >= 0.6 is 0 Å². The zero-order valence-corrected chi connectivity index (χ0v) is 16.9. The normalized spacial score (nSPS) is 24.7. The summed E-state index contributed by atoms with van der Waals surface area (Å²) in [6, 6.07) is 9.00. The van der Waals surface area contributed by atoms with E-state index in [1.54, 1.807) is 4.90 Å². The van der Waals surface area contributed by atoms with Crippen molar-refractivity contribution < 1.29 is 19.1 Å². The highest BCUT2D eigenvalue weighted by Gasteiger charge is 2.52. The van der Waals surface area contributed by atoms with Crippen LogP contribution < -0.4 is 0 Å². The second-order valence-electron chi connectivity index (χ2n) is 9.34. The van der Waals surface area contributed by atoms with Crippen LogP contribution in [0.3, 0.4) is 0 Å². The molecule has 0 aromatic heterocycles. The lowest BCUT2D eigenvalue weighted by Gasteiger charge is -2.35. The van der Waals surface area contributed by atoms with Gasteiger partial charge in [-0.05, 0) is 30.2 Å². The molecule has 0 N–H and O–H groups in total. The molecule has 0 unspecified atom stereocenters. The number of amides is 1. The van der Waals surface area contributed by atoms with Crippen molar-refractivity contribution in [3.8, 4) is 0 Å². The maximum Gasteiger partial charge on any atom is 0.413 e. The second kappa shape index (κ2) is 7.53. The predicted octanol–water partition coefficient (Wildman–Crippen LogP) is 4.89. The molecular formula is C22H31NO4. The van der Waals surface area contributed by atoms with Crippen molar-refractivity contribution in [1.82, 2.24) is 4.90 Å². The molecule has 1 amide bonds. The molecule has 5 nitrogen and oxygen atoms in total. The summed E-state index contributed by atoms with van der Waals surface area (Å²) in [4.78, 5) is 27.2. The van der Waals surface area contributed by atoms with Gasteiger partial charge >= 0.3 is 12.1 Å². The number of esters is 1. The van der Waals surface area contributed by atoms with Gasteiger partial charge in [-0.15, -0.1) is 0 Å². The third kappa shape index (κ3) is 4.45. The van der Waals surface area contributed by atoms with Crippen LogP contribution in [-0.2, 0) is 20.9 Å². The number of nitrogens with zero attached hydrogens (tertiary/aromatic N) is 1. The lowest BCUT2D eigenvalue weighted by Crippen LogP contribution is -2.49. The minimum Gasteiger partial charge on any atom is -0.444 e. The first kappa shape index (κ1) is 19.7. The Bertz CT molecular complexity index is 673. The fourth-order valence-corrected chi connectivity index (χ4v) is 4.21. The summed E-state index contributed by atoms with van der Waals surface area (Å²) in [5.74, 6) is -0.306. The van der Waals surface area contributed by atoms with Crippen LogP contribution in [0.4, 0.5) is 4.79 Å². The molecule has 1 heterocycles. The largest absolute Gasteiger partial charge is 0.444 e. The lowest BCUT2D eigenvalue weighted by atomic mass is 9.81. The topological polar surface area (TPSA) is 55.8 Å². The second-order valence-corrected chi connectivity index (χ2v) is 9.34. The Balaban J connectivity index is 1.78. The number of hydrogen-bond acceptors (Lipinski definition) is 4. The molecule has 2 fully saturated rings. The molecule has 27 heavy (non-hydrogen) atoms. The Labute approximate surface area is 162 Å². The van der Waals surface area contributed by atoms with E-state index in [4.69, 9.17) is 9.47 Å². The predicted molar refractivity (Wildman–Crippen MR) is 103 cm³/mol. The van der Waals surface area contributed by atoms with E-state index in [1.807, 2.05) is 51.1 Å². The first-order chi connectivity index (χ1) is 12.7. The van der Waals surface area contributed by atoms with E-state index < -0.39 is 18.4 Å². The molecule has 1 saturated carbocycles. The average Bonchev–Trinajstić information content (AvgIpc) is 3.18. The van der Waals surface area contributed by atoms with Gasteiger partial charge in [-0.25, -0.2) is 9.59 Å². The van der Waals surface area contributed by atoms with Gasteiger partial charge in [0.25, 0.3) is 0 Å². The van der Waals surface area contributed by atoms with Crippen molar-refractivity contribution in [3.63, 3.8) is 0 Å². The van der Waals surface area contributed by atoms with E-state index in [0.29, 0.717) is 6.42 Å². The monoisotopic (exact) mass is 373 g/mol. The number of rotatable bonds is 4. The number of carbonyl (C=O) groups is 2. The maximum atomic E-state index is 13.0. The van der Waals surface area contributed by atoms with Gasteiger partial charge in [0.05, 0.1) is 0 Å². The Morgan fingerprint density at radius 2 is 1.85 bits per heavy atom. The van der Waals surface area contributed by atoms with Crippen molar-refractivity contribution in [2.75, 3.05) is 0 Å². The minimum absolute atomic E-state index is 0.0778. The summed E-state index contributed by atoms with van der Waals surface area (Å²) in [6.45, 7) is 8.32. The van der Waals surface area contributed by atoms with Crippen LogP contribution in [0.2, 0.25) is 0 Å². The Morgan fingerprint density at radius 1 is 1.22 bits per heavy atom. The third-order valence-corrected chi connectivity index (χ3v) is 5.74. The van der Waals surface area contributed by atoms with Crippen LogP contribution in [-0.4, -0.2) is 29.2 Å². The maximum absolute atomic E-state index is 13.0. The van der Waals surface area contributed by atoms with Gasteiger partial charge in [-0.2, -0.15) is 0 Å². The van der Waals surface area contributed by atoms with Crippen molar-refractivity contribution in [2.24, 2.45) is 10.8 Å². The van der Waals surface area contributed by atoms with E-state index in [1.165, 1.54) is 12.8 Å². The number of hydrogen-bond donors (Lipinski definition) is 0. The van der Waals surface area contributed by atoms with Crippen molar-refractivity contribution in [1.29, 1.82) is 0 Å². The molecule has 1 aromatic rings. The highest BCUT2D eigenvalue weighted by molar-refractivity contribution is 5.84. The molecule has 2 atom stereocenters. The van der Waals surface area contributed by atoms with Gasteiger partial charge in [0.2, 0.25) is 0 Å². The quantitative estimate of drug-likeness (QED) is 0.705. The molecule has 0 bridgehead atoms. The summed E-state index contributed by atoms with van der Waals surface area (Å²) >= 11 is 0. The van der Waals surface area contributed by atoms with Crippen LogP contribution in [0.15, 0.2) is 30.3 Å². The number of cyclic esters (lactones) is 1. The summed E-state index contributed by atoms with van der Waals surface area (Å²) in [5.41, 5.74) is 0.616. The molecular weight excluding hydrogens is 342 g/mol. The van der Waals surface area contributed by atoms with Gasteiger partial charge in [0.1, 0.15) is 12.6 Å². The Morgan fingerprint density at radius 3 is 2.44 bits per heavy atom. The smallest absolute Gasteiger partial charge is 0.413 e. The van der Waals surface area contributed by atoms with Gasteiger partial charge in [-0.3, -0.25) is 4.90 Å². The van der Waals surface area contributed by atoms with Crippen LogP contribution in [0.25, 0.3) is 0 Å². The van der Waals surface area contributed by atoms with E-state index in [9.17, 15) is 9.59 Å². The molecule has 148 valence electrons. The van der Waals surface area contributed by atoms with Crippen LogP contribution in [0.1, 0.15) is 65.4 Å². The first-order valence-corrected chi connectivity index (χ1v) is 9.89. The first-order valence-electron chi connectivity index (χ1n) is 9.89. The molecule has 0 radical (unpaired) electrons. The van der Waals surface area contributed by atoms with E-state index in [-0.39, 0.29) is 23.4 Å². The van der Waals surface area contributed by atoms with Gasteiger partial charge in [0, 0.05) is 5.41 Å². The number of ether oxygens (including phenoxy) is 2. The van der Waals surface area contributed by atoms with Crippen molar-refractivity contribution in [2.45, 2.75) is 78.7 Å². The molecule has 1 saturated heterocycles. The highest BCUT2D eigenvalue weighted by atomic mass is 16.6. The summed E-state index contributed by atoms with van der Waals surface area (Å²) in [5, 5.41) is 0. The Kier molecular flexibility index (Phi) is 5.50. The summed E-state index contributed by atoms with van der Waals surface area (Å²) in [7, 11) is 0. The SMILES string of the molecule is CC1(C[C@H]2C(=O)O[C@@H](C(C)(C)C)N2C(=O)OCc2ccccc2)CCCC1. The zero-order valence-electron chi connectivity index (χ0n) is 16.9. The summed E-state index contributed by atoms with van der Waals surface area (Å²) < 4.78 is 11.2. The molecule has 1 aliphatic carbocycles. The molecule has 0 spiro atoms. The lowest BCUT2D eigenvalue weighted by molar-refractivity contribution is -0.147. The fourth-order valence-electron chi connectivity index (χ4n) is 4.21.